The Morgan fingerprint density at radius 1 is 1.25 bits per heavy atom. The van der Waals surface area contributed by atoms with Gasteiger partial charge in [-0.1, -0.05) is 0 Å². The average Bonchev–Trinajstić information content (AvgIpc) is 3.67. The molecule has 0 saturated heterocycles. The molecule has 10 heteroatoms. The predicted molar refractivity (Wildman–Crippen MR) is 130 cm³/mol. The third-order valence-corrected chi connectivity index (χ3v) is 6.96. The smallest absolute Gasteiger partial charge is 0.247 e. The van der Waals surface area contributed by atoms with Crippen molar-refractivity contribution in [3.63, 3.8) is 0 Å². The van der Waals surface area contributed by atoms with Crippen LogP contribution in [0.25, 0.3) is 0 Å². The molecule has 1 fully saturated rings. The normalized spacial score (nSPS) is 24.3. The lowest BCUT2D eigenvalue weighted by Gasteiger charge is -2.41. The van der Waals surface area contributed by atoms with Crippen LogP contribution < -0.4 is 14.8 Å². The van der Waals surface area contributed by atoms with Crippen LogP contribution in [-0.2, 0) is 20.9 Å². The summed E-state index contributed by atoms with van der Waals surface area (Å²) in [6.07, 6.45) is 1.94. The Balaban J connectivity index is 1.74. The van der Waals surface area contributed by atoms with Gasteiger partial charge in [0.15, 0.2) is 11.5 Å². The summed E-state index contributed by atoms with van der Waals surface area (Å²) in [6, 6.07) is 2.64. The summed E-state index contributed by atoms with van der Waals surface area (Å²) in [4.78, 5) is 28.2. The maximum atomic E-state index is 13.3. The van der Waals surface area contributed by atoms with Crippen LogP contribution in [-0.4, -0.2) is 90.3 Å². The van der Waals surface area contributed by atoms with Crippen molar-refractivity contribution in [1.29, 1.82) is 0 Å². The van der Waals surface area contributed by atoms with Crippen LogP contribution in [0.3, 0.4) is 0 Å². The Labute approximate surface area is 210 Å². The Hall–Kier alpha value is -2.66. The molecule has 0 aromatic heterocycles. The first-order chi connectivity index (χ1) is 17.4. The lowest BCUT2D eigenvalue weighted by molar-refractivity contribution is -0.138. The molecule has 36 heavy (non-hydrogen) atoms. The third kappa shape index (κ3) is 5.22. The molecule has 0 radical (unpaired) electrons. The molecule has 0 spiro atoms. The molecule has 1 heterocycles. The van der Waals surface area contributed by atoms with Crippen molar-refractivity contribution >= 4 is 11.8 Å². The zero-order valence-corrected chi connectivity index (χ0v) is 20.8. The van der Waals surface area contributed by atoms with Gasteiger partial charge in [-0.05, 0) is 50.0 Å². The highest BCUT2D eigenvalue weighted by Crippen LogP contribution is 2.51. The summed E-state index contributed by atoms with van der Waals surface area (Å²) in [5.74, 6) is -0.360. The highest BCUT2D eigenvalue weighted by molar-refractivity contribution is 5.96. The molecular formula is C26H36N2O8. The van der Waals surface area contributed by atoms with E-state index >= 15 is 0 Å². The summed E-state index contributed by atoms with van der Waals surface area (Å²) < 4.78 is 17.2. The number of hydrogen-bond donors (Lipinski definition) is 4. The first-order valence-corrected chi connectivity index (χ1v) is 12.6. The highest BCUT2D eigenvalue weighted by atomic mass is 16.5. The molecule has 10 nitrogen and oxygen atoms in total. The van der Waals surface area contributed by atoms with Crippen LogP contribution in [0.4, 0.5) is 0 Å². The fourth-order valence-electron chi connectivity index (χ4n) is 5.07. The summed E-state index contributed by atoms with van der Waals surface area (Å²) >= 11 is 0. The number of carbonyl (C=O) groups excluding carboxylic acids is 2. The van der Waals surface area contributed by atoms with Crippen LogP contribution >= 0.6 is 0 Å². The van der Waals surface area contributed by atoms with E-state index in [4.69, 9.17) is 14.2 Å². The Kier molecular flexibility index (Phi) is 8.50. The van der Waals surface area contributed by atoms with Crippen molar-refractivity contribution < 1.29 is 39.1 Å². The molecule has 3 aliphatic rings. The van der Waals surface area contributed by atoms with E-state index in [2.05, 4.69) is 5.32 Å². The zero-order chi connectivity index (χ0) is 25.8. The van der Waals surface area contributed by atoms with E-state index in [9.17, 15) is 24.9 Å². The number of fused-ring (bicyclic) bond motifs is 3. The lowest BCUT2D eigenvalue weighted by atomic mass is 9.77. The monoisotopic (exact) mass is 504 g/mol. The standard InChI is InChI=1S/C26H36N2O8/c1-3-35-10-4-8-28(26(33)16-5-6-16)19-13-18(25(32)27-7-9-29)21-17-11-15(14-30)12-20(34-2)23(17)36-24(21)22(19)31/h11-13,16,19,21-22,24,29-31H,3-10,14H2,1-2H3,(H,27,32)/t19-,21+,22+,24+/m1/s1. The number of nitrogens with one attached hydrogen (secondary N) is 1. The summed E-state index contributed by atoms with van der Waals surface area (Å²) in [6.45, 7) is 2.95. The average molecular weight is 505 g/mol. The van der Waals surface area contributed by atoms with Crippen LogP contribution in [0.2, 0.25) is 0 Å². The second-order valence-electron chi connectivity index (χ2n) is 9.37. The topological polar surface area (TPSA) is 138 Å². The van der Waals surface area contributed by atoms with E-state index in [0.29, 0.717) is 54.4 Å². The molecule has 0 unspecified atom stereocenters. The van der Waals surface area contributed by atoms with Gasteiger partial charge in [0.05, 0.1) is 32.3 Å². The van der Waals surface area contributed by atoms with Gasteiger partial charge in [-0.2, -0.15) is 0 Å². The van der Waals surface area contributed by atoms with Crippen LogP contribution in [0, 0.1) is 5.92 Å². The molecule has 2 aliphatic carbocycles. The minimum Gasteiger partial charge on any atom is -0.493 e. The molecule has 2 amide bonds. The van der Waals surface area contributed by atoms with Crippen LogP contribution in [0.15, 0.2) is 23.8 Å². The number of carbonyl (C=O) groups is 2. The molecule has 4 atom stereocenters. The molecule has 1 aliphatic heterocycles. The van der Waals surface area contributed by atoms with E-state index in [1.807, 2.05) is 6.92 Å². The molecule has 0 bridgehead atoms. The maximum absolute atomic E-state index is 13.3. The second kappa shape index (κ2) is 11.6. The van der Waals surface area contributed by atoms with Gasteiger partial charge < -0.3 is 39.7 Å². The highest BCUT2D eigenvalue weighted by Gasteiger charge is 2.52. The minimum absolute atomic E-state index is 0.0453. The predicted octanol–water partition coefficient (Wildman–Crippen LogP) is 0.475. The number of rotatable bonds is 12. The minimum atomic E-state index is -1.10. The number of aliphatic hydroxyl groups is 3. The first-order valence-electron chi connectivity index (χ1n) is 12.6. The van der Waals surface area contributed by atoms with Crippen molar-refractivity contribution in [3.05, 3.63) is 34.9 Å². The van der Waals surface area contributed by atoms with E-state index < -0.39 is 30.1 Å². The van der Waals surface area contributed by atoms with Crippen molar-refractivity contribution in [2.75, 3.05) is 40.0 Å². The van der Waals surface area contributed by atoms with E-state index in [1.54, 1.807) is 23.1 Å². The number of amides is 2. The molecule has 1 aromatic rings. The number of aliphatic hydroxyl groups excluding tert-OH is 3. The summed E-state index contributed by atoms with van der Waals surface area (Å²) in [7, 11) is 1.49. The van der Waals surface area contributed by atoms with Gasteiger partial charge >= 0.3 is 0 Å². The van der Waals surface area contributed by atoms with Crippen molar-refractivity contribution in [1.82, 2.24) is 10.2 Å². The number of nitrogens with zero attached hydrogens (tertiary/aromatic N) is 1. The van der Waals surface area contributed by atoms with Gasteiger partial charge in [0.1, 0.15) is 12.2 Å². The van der Waals surface area contributed by atoms with Gasteiger partial charge in [-0.3, -0.25) is 9.59 Å². The second-order valence-corrected chi connectivity index (χ2v) is 9.37. The zero-order valence-electron chi connectivity index (χ0n) is 20.8. The number of ether oxygens (including phenoxy) is 3. The Morgan fingerprint density at radius 2 is 2.03 bits per heavy atom. The fourth-order valence-corrected chi connectivity index (χ4v) is 5.07. The molecule has 4 rings (SSSR count). The van der Waals surface area contributed by atoms with Crippen molar-refractivity contribution in [3.8, 4) is 11.5 Å². The Morgan fingerprint density at radius 3 is 2.67 bits per heavy atom. The van der Waals surface area contributed by atoms with Crippen molar-refractivity contribution in [2.45, 2.75) is 57.0 Å². The van der Waals surface area contributed by atoms with Gasteiger partial charge in [-0.25, -0.2) is 0 Å². The Bertz CT molecular complexity index is 992. The largest absolute Gasteiger partial charge is 0.493 e. The summed E-state index contributed by atoms with van der Waals surface area (Å²) in [5.41, 5.74) is 1.56. The molecule has 1 saturated carbocycles. The third-order valence-electron chi connectivity index (χ3n) is 6.96. The number of hydrogen-bond acceptors (Lipinski definition) is 8. The molecule has 4 N–H and O–H groups in total. The van der Waals surface area contributed by atoms with Gasteiger partial charge in [0.25, 0.3) is 0 Å². The van der Waals surface area contributed by atoms with E-state index in [1.165, 1.54) is 7.11 Å². The lowest BCUT2D eigenvalue weighted by Crippen LogP contribution is -2.56. The van der Waals surface area contributed by atoms with E-state index in [0.717, 1.165) is 12.8 Å². The van der Waals surface area contributed by atoms with Gasteiger partial charge in [0.2, 0.25) is 11.8 Å². The number of benzene rings is 1. The first kappa shape index (κ1) is 26.4. The number of methoxy groups -OCH3 is 1. The van der Waals surface area contributed by atoms with Gasteiger partial charge in [0, 0.05) is 43.4 Å². The molecule has 198 valence electrons. The van der Waals surface area contributed by atoms with Crippen LogP contribution in [0.5, 0.6) is 11.5 Å². The summed E-state index contributed by atoms with van der Waals surface area (Å²) in [5, 5.41) is 33.3. The molecular weight excluding hydrogens is 468 g/mol. The van der Waals surface area contributed by atoms with Crippen molar-refractivity contribution in [2.24, 2.45) is 5.92 Å². The van der Waals surface area contributed by atoms with Crippen LogP contribution in [0.1, 0.15) is 43.2 Å². The maximum Gasteiger partial charge on any atom is 0.247 e. The van der Waals surface area contributed by atoms with Gasteiger partial charge in [-0.15, -0.1) is 0 Å². The fraction of sp³-hybridized carbons (Fsp3) is 0.615. The quantitative estimate of drug-likeness (QED) is 0.302. The van der Waals surface area contributed by atoms with E-state index in [-0.39, 0.29) is 31.6 Å². The SMILES string of the molecule is CCOCCCN(C(=O)C1CC1)[C@@H]1C=C(C(=O)NCCO)[C@@H]2c3cc(CO)cc(OC)c3O[C@@H]2[C@H]1O. The molecule has 1 aromatic carbocycles.